The number of carbonyl (C=O) groups excluding carboxylic acids is 1. The molecule has 1 aromatic rings. The van der Waals surface area contributed by atoms with Crippen molar-refractivity contribution in [3.05, 3.63) is 29.3 Å². The number of phenolic OH excluding ortho intramolecular Hbond substituents is 1. The highest BCUT2D eigenvalue weighted by molar-refractivity contribution is 5.87. The Balaban J connectivity index is 1.18. The number of ether oxygens (including phenoxy) is 2. The van der Waals surface area contributed by atoms with Gasteiger partial charge in [-0.15, -0.1) is 0 Å². The van der Waals surface area contributed by atoms with E-state index in [9.17, 15) is 14.7 Å². The number of aliphatic carboxylic acids is 1. The highest BCUT2D eigenvalue weighted by Crippen LogP contribution is 2.60. The second-order valence-corrected chi connectivity index (χ2v) is 11.8. The fourth-order valence-corrected chi connectivity index (χ4v) is 7.45. The summed E-state index contributed by atoms with van der Waals surface area (Å²) in [5.41, 5.74) is 2.28. The number of hydrogen-bond donors (Lipinski definition) is 2. The first kappa shape index (κ1) is 28.1. The highest BCUT2D eigenvalue weighted by atomic mass is 16.5. The van der Waals surface area contributed by atoms with Crippen molar-refractivity contribution in [2.75, 3.05) is 19.8 Å². The van der Waals surface area contributed by atoms with Crippen LogP contribution in [0.3, 0.4) is 0 Å². The summed E-state index contributed by atoms with van der Waals surface area (Å²) in [6.07, 6.45) is 13.6. The van der Waals surface area contributed by atoms with E-state index in [1.54, 1.807) is 6.07 Å². The zero-order chi connectivity index (χ0) is 26.3. The van der Waals surface area contributed by atoms with E-state index in [1.807, 2.05) is 6.07 Å². The van der Waals surface area contributed by atoms with Gasteiger partial charge < -0.3 is 19.7 Å². The molecule has 5 atom stereocenters. The Bertz CT molecular complexity index is 913. The maximum absolute atomic E-state index is 12.9. The molecule has 1 aromatic carbocycles. The van der Waals surface area contributed by atoms with Gasteiger partial charge in [0.25, 0.3) is 0 Å². The van der Waals surface area contributed by atoms with Crippen molar-refractivity contribution >= 4 is 11.8 Å². The number of carboxylic acid groups (broad SMARTS) is 1. The molecule has 0 unspecified atom stereocenters. The lowest BCUT2D eigenvalue weighted by Crippen LogP contribution is -2.50. The van der Waals surface area contributed by atoms with Gasteiger partial charge in [0.15, 0.2) is 0 Å². The van der Waals surface area contributed by atoms with Crippen LogP contribution in [-0.4, -0.2) is 47.9 Å². The van der Waals surface area contributed by atoms with E-state index in [0.717, 1.165) is 64.4 Å². The number of phenols is 1. The summed E-state index contributed by atoms with van der Waals surface area (Å²) in [6, 6.07) is 5.80. The van der Waals surface area contributed by atoms with Crippen molar-refractivity contribution in [2.24, 2.45) is 17.3 Å². The second-order valence-electron chi connectivity index (χ2n) is 11.8. The van der Waals surface area contributed by atoms with Gasteiger partial charge in [-0.2, -0.15) is 0 Å². The van der Waals surface area contributed by atoms with Gasteiger partial charge in [-0.05, 0) is 73.6 Å². The summed E-state index contributed by atoms with van der Waals surface area (Å²) in [5.74, 6) is 1.24. The molecule has 2 fully saturated rings. The van der Waals surface area contributed by atoms with E-state index in [4.69, 9.17) is 14.6 Å². The predicted molar refractivity (Wildman–Crippen MR) is 143 cm³/mol. The molecule has 6 nitrogen and oxygen atoms in total. The van der Waals surface area contributed by atoms with Crippen LogP contribution in [0.5, 0.6) is 5.75 Å². The first-order valence-electron chi connectivity index (χ1n) is 14.7. The van der Waals surface area contributed by atoms with Crippen LogP contribution in [0.1, 0.15) is 107 Å². The Labute approximate surface area is 222 Å². The van der Waals surface area contributed by atoms with Crippen molar-refractivity contribution in [3.8, 4) is 5.75 Å². The van der Waals surface area contributed by atoms with Crippen LogP contribution in [0.25, 0.3) is 0 Å². The molecule has 3 aliphatic rings. The van der Waals surface area contributed by atoms with Crippen LogP contribution in [0, 0.1) is 17.3 Å². The minimum atomic E-state index is -0.694. The van der Waals surface area contributed by atoms with Crippen molar-refractivity contribution in [1.29, 1.82) is 0 Å². The summed E-state index contributed by atoms with van der Waals surface area (Å²) in [5, 5.41) is 18.7. The first-order valence-corrected chi connectivity index (χ1v) is 14.7. The largest absolute Gasteiger partial charge is 0.508 e. The number of benzene rings is 1. The van der Waals surface area contributed by atoms with Gasteiger partial charge in [-0.1, -0.05) is 51.5 Å². The minimum Gasteiger partial charge on any atom is -0.508 e. The third-order valence-electron chi connectivity index (χ3n) is 9.36. The maximum atomic E-state index is 12.9. The van der Waals surface area contributed by atoms with Crippen LogP contribution < -0.4 is 0 Å². The number of rotatable bonds is 15. The molecule has 0 amide bonds. The van der Waals surface area contributed by atoms with Crippen LogP contribution >= 0.6 is 0 Å². The molecule has 3 aliphatic carbocycles. The lowest BCUT2D eigenvalue weighted by molar-refractivity contribution is -0.138. The molecule has 0 heterocycles. The molecule has 6 heteroatoms. The molecule has 2 saturated carbocycles. The van der Waals surface area contributed by atoms with Crippen LogP contribution in [0.15, 0.2) is 18.2 Å². The number of ketones is 1. The summed E-state index contributed by atoms with van der Waals surface area (Å²) in [4.78, 5) is 23.4. The summed E-state index contributed by atoms with van der Waals surface area (Å²) < 4.78 is 12.4. The molecule has 4 rings (SSSR count). The van der Waals surface area contributed by atoms with E-state index < -0.39 is 5.97 Å². The minimum absolute atomic E-state index is 0.0102. The average molecular weight is 515 g/mol. The van der Waals surface area contributed by atoms with Crippen molar-refractivity contribution in [1.82, 2.24) is 0 Å². The number of aromatic hydroxyl groups is 1. The lowest BCUT2D eigenvalue weighted by atomic mass is 9.54. The van der Waals surface area contributed by atoms with Gasteiger partial charge >= 0.3 is 5.97 Å². The Kier molecular flexibility index (Phi) is 10.1. The molecule has 206 valence electrons. The van der Waals surface area contributed by atoms with Gasteiger partial charge in [0, 0.05) is 30.8 Å². The standard InChI is InChI=1S/C31H46O6/c1-31-21-27(37-19-18-36-17-9-7-5-3-2-4-6-8-10-29(34)35)30-24-14-12-23(32)20-22(24)11-13-25(30)26(31)15-16-28(31)33/h12,14,20,25-27,30,32H,2-11,13,15-19,21H2,1H3,(H,34,35)/t25-,26-,27-,30+,31-/m0/s1. The smallest absolute Gasteiger partial charge is 0.303 e. The topological polar surface area (TPSA) is 93.1 Å². The quantitative estimate of drug-likeness (QED) is 0.262. The molecule has 0 aromatic heterocycles. The average Bonchev–Trinajstić information content (AvgIpc) is 3.17. The molecule has 37 heavy (non-hydrogen) atoms. The molecule has 2 N–H and O–H groups in total. The SMILES string of the molecule is C[C@]12C[C@H](OCCOCCCCCCCCCCC(=O)O)[C@@H]3c4ccc(O)cc4CC[C@H]3[C@@H]1CCC2=O. The van der Waals surface area contributed by atoms with Gasteiger partial charge in [0.05, 0.1) is 19.3 Å². The molecular weight excluding hydrogens is 468 g/mol. The van der Waals surface area contributed by atoms with Crippen molar-refractivity contribution < 1.29 is 29.3 Å². The van der Waals surface area contributed by atoms with E-state index in [0.29, 0.717) is 49.4 Å². The van der Waals surface area contributed by atoms with Crippen LogP contribution in [0.2, 0.25) is 0 Å². The van der Waals surface area contributed by atoms with E-state index in [1.165, 1.54) is 30.4 Å². The van der Waals surface area contributed by atoms with E-state index >= 15 is 0 Å². The molecule has 0 saturated heterocycles. The normalized spacial score (nSPS) is 28.5. The fraction of sp³-hybridized carbons (Fsp3) is 0.742. The summed E-state index contributed by atoms with van der Waals surface area (Å²) in [6.45, 7) is 4.05. The number of Topliss-reactive ketones (excluding diaryl/α,β-unsaturated/α-hetero) is 1. The molecule has 0 radical (unpaired) electrons. The summed E-state index contributed by atoms with van der Waals surface area (Å²) >= 11 is 0. The fourth-order valence-electron chi connectivity index (χ4n) is 7.45. The molecular formula is C31H46O6. The first-order chi connectivity index (χ1) is 17.9. The Morgan fingerprint density at radius 2 is 1.70 bits per heavy atom. The van der Waals surface area contributed by atoms with Gasteiger partial charge in [-0.3, -0.25) is 9.59 Å². The number of hydrogen-bond acceptors (Lipinski definition) is 5. The zero-order valence-electron chi connectivity index (χ0n) is 22.6. The lowest BCUT2D eigenvalue weighted by Gasteiger charge is -2.51. The third kappa shape index (κ3) is 6.94. The molecule has 0 spiro atoms. The van der Waals surface area contributed by atoms with Crippen LogP contribution in [-0.2, 0) is 25.5 Å². The number of unbranched alkanes of at least 4 members (excludes halogenated alkanes) is 7. The number of carbonyl (C=O) groups is 2. The Hall–Kier alpha value is -1.92. The van der Waals surface area contributed by atoms with Crippen LogP contribution in [0.4, 0.5) is 0 Å². The third-order valence-corrected chi connectivity index (χ3v) is 9.36. The summed E-state index contributed by atoms with van der Waals surface area (Å²) in [7, 11) is 0. The Morgan fingerprint density at radius 3 is 2.46 bits per heavy atom. The molecule has 0 aliphatic heterocycles. The van der Waals surface area contributed by atoms with Gasteiger partial charge in [0.2, 0.25) is 0 Å². The number of fused-ring (bicyclic) bond motifs is 5. The van der Waals surface area contributed by atoms with E-state index in [-0.39, 0.29) is 17.4 Å². The highest BCUT2D eigenvalue weighted by Gasteiger charge is 2.58. The Morgan fingerprint density at radius 1 is 0.973 bits per heavy atom. The number of carboxylic acids is 1. The van der Waals surface area contributed by atoms with Crippen molar-refractivity contribution in [2.45, 2.75) is 109 Å². The zero-order valence-corrected chi connectivity index (χ0v) is 22.6. The second kappa shape index (κ2) is 13.2. The monoisotopic (exact) mass is 514 g/mol. The van der Waals surface area contributed by atoms with E-state index in [2.05, 4.69) is 13.0 Å². The molecule has 0 bridgehead atoms. The van der Waals surface area contributed by atoms with Gasteiger partial charge in [0.1, 0.15) is 11.5 Å². The predicted octanol–water partition coefficient (Wildman–Crippen LogP) is 6.42. The maximum Gasteiger partial charge on any atom is 0.303 e. The van der Waals surface area contributed by atoms with Gasteiger partial charge in [-0.25, -0.2) is 0 Å². The van der Waals surface area contributed by atoms with Crippen molar-refractivity contribution in [3.63, 3.8) is 0 Å². The number of aryl methyl sites for hydroxylation is 1.